The zero-order chi connectivity index (χ0) is 10.8. The van der Waals surface area contributed by atoms with E-state index in [1.54, 1.807) is 0 Å². The molecule has 1 aliphatic heterocycles. The maximum absolute atomic E-state index is 10.7. The standard InChI is InChI=1S/C8H11N3O4/c1-2-10-3-7(11(12)13)8(9-10)15-6-4-14-5-6/h3,6H,2,4-5H2,1H3. The molecule has 15 heavy (non-hydrogen) atoms. The van der Waals surface area contributed by atoms with E-state index in [-0.39, 0.29) is 17.7 Å². The number of ether oxygens (including phenoxy) is 2. The minimum atomic E-state index is -0.492. The lowest BCUT2D eigenvalue weighted by Crippen LogP contribution is -2.38. The van der Waals surface area contributed by atoms with Crippen LogP contribution in [0.25, 0.3) is 0 Å². The maximum atomic E-state index is 10.7. The molecule has 0 aromatic carbocycles. The van der Waals surface area contributed by atoms with E-state index in [9.17, 15) is 10.1 Å². The Labute approximate surface area is 85.7 Å². The molecule has 1 aromatic rings. The van der Waals surface area contributed by atoms with Crippen LogP contribution in [-0.2, 0) is 11.3 Å². The van der Waals surface area contributed by atoms with Gasteiger partial charge in [0.05, 0.1) is 18.1 Å². The molecule has 82 valence electrons. The Kier molecular flexibility index (Phi) is 2.55. The molecule has 2 rings (SSSR count). The SMILES string of the molecule is CCn1cc([N+](=O)[O-])c(OC2COC2)n1. The van der Waals surface area contributed by atoms with Gasteiger partial charge in [0.2, 0.25) is 0 Å². The first kappa shape index (κ1) is 9.91. The van der Waals surface area contributed by atoms with Crippen LogP contribution in [0.1, 0.15) is 6.92 Å². The number of hydrogen-bond acceptors (Lipinski definition) is 5. The van der Waals surface area contributed by atoms with Gasteiger partial charge < -0.3 is 9.47 Å². The van der Waals surface area contributed by atoms with Crippen molar-refractivity contribution in [3.63, 3.8) is 0 Å². The average molecular weight is 213 g/mol. The molecule has 0 atom stereocenters. The molecule has 0 unspecified atom stereocenters. The van der Waals surface area contributed by atoms with Gasteiger partial charge in [-0.1, -0.05) is 0 Å². The Morgan fingerprint density at radius 3 is 3.00 bits per heavy atom. The van der Waals surface area contributed by atoms with Gasteiger partial charge in [0.1, 0.15) is 12.3 Å². The molecule has 0 amide bonds. The highest BCUT2D eigenvalue weighted by molar-refractivity contribution is 5.38. The van der Waals surface area contributed by atoms with E-state index in [1.807, 2.05) is 6.92 Å². The van der Waals surface area contributed by atoms with Crippen LogP contribution in [0.2, 0.25) is 0 Å². The summed E-state index contributed by atoms with van der Waals surface area (Å²) in [6, 6.07) is 0. The van der Waals surface area contributed by atoms with Gasteiger partial charge in [-0.3, -0.25) is 14.8 Å². The van der Waals surface area contributed by atoms with E-state index >= 15 is 0 Å². The fourth-order valence-electron chi connectivity index (χ4n) is 1.20. The highest BCUT2D eigenvalue weighted by atomic mass is 16.6. The first-order chi connectivity index (χ1) is 7.20. The van der Waals surface area contributed by atoms with E-state index in [2.05, 4.69) is 5.10 Å². The lowest BCUT2D eigenvalue weighted by Gasteiger charge is -2.25. The molecule has 0 saturated carbocycles. The van der Waals surface area contributed by atoms with Crippen molar-refractivity contribution in [3.8, 4) is 5.88 Å². The lowest BCUT2D eigenvalue weighted by atomic mass is 10.3. The predicted octanol–water partition coefficient (Wildman–Crippen LogP) is 0.589. The van der Waals surface area contributed by atoms with Gasteiger partial charge in [-0.15, -0.1) is 5.10 Å². The highest BCUT2D eigenvalue weighted by Gasteiger charge is 2.27. The van der Waals surface area contributed by atoms with Gasteiger partial charge in [-0.05, 0) is 6.92 Å². The van der Waals surface area contributed by atoms with Gasteiger partial charge in [-0.2, -0.15) is 0 Å². The van der Waals surface area contributed by atoms with Gasteiger partial charge in [0, 0.05) is 6.54 Å². The van der Waals surface area contributed by atoms with E-state index in [1.165, 1.54) is 10.9 Å². The van der Waals surface area contributed by atoms with E-state index in [0.29, 0.717) is 19.8 Å². The maximum Gasteiger partial charge on any atom is 0.350 e. The Hall–Kier alpha value is -1.63. The van der Waals surface area contributed by atoms with Crippen LogP contribution in [-0.4, -0.2) is 34.0 Å². The summed E-state index contributed by atoms with van der Waals surface area (Å²) in [7, 11) is 0. The van der Waals surface area contributed by atoms with Gasteiger partial charge in [0.25, 0.3) is 0 Å². The number of aryl methyl sites for hydroxylation is 1. The van der Waals surface area contributed by atoms with Crippen molar-refractivity contribution in [3.05, 3.63) is 16.3 Å². The predicted molar refractivity (Wildman–Crippen MR) is 49.8 cm³/mol. The summed E-state index contributed by atoms with van der Waals surface area (Å²) >= 11 is 0. The third-order valence-electron chi connectivity index (χ3n) is 2.12. The normalized spacial score (nSPS) is 16.1. The summed E-state index contributed by atoms with van der Waals surface area (Å²) in [5.41, 5.74) is -0.0938. The Morgan fingerprint density at radius 2 is 2.53 bits per heavy atom. The summed E-state index contributed by atoms with van der Waals surface area (Å²) in [6.07, 6.45) is 1.26. The second-order valence-electron chi connectivity index (χ2n) is 3.21. The summed E-state index contributed by atoms with van der Waals surface area (Å²) in [6.45, 7) is 3.37. The molecule has 1 aromatic heterocycles. The van der Waals surface area contributed by atoms with Gasteiger partial charge in [-0.25, -0.2) is 0 Å². The van der Waals surface area contributed by atoms with Crippen molar-refractivity contribution in [2.45, 2.75) is 19.6 Å². The van der Waals surface area contributed by atoms with E-state index < -0.39 is 4.92 Å². The molecule has 1 aliphatic rings. The lowest BCUT2D eigenvalue weighted by molar-refractivity contribution is -0.386. The third kappa shape index (κ3) is 1.91. The summed E-state index contributed by atoms with van der Waals surface area (Å²) in [5, 5.41) is 14.6. The van der Waals surface area contributed by atoms with Crippen molar-refractivity contribution >= 4 is 5.69 Å². The molecule has 1 fully saturated rings. The highest BCUT2D eigenvalue weighted by Crippen LogP contribution is 2.26. The molecule has 0 aliphatic carbocycles. The Balaban J connectivity index is 2.18. The summed E-state index contributed by atoms with van der Waals surface area (Å²) in [5.74, 6) is 0.0788. The van der Waals surface area contributed by atoms with Crippen LogP contribution in [0, 0.1) is 10.1 Å². The van der Waals surface area contributed by atoms with Crippen LogP contribution >= 0.6 is 0 Å². The minimum Gasteiger partial charge on any atom is -0.464 e. The second kappa shape index (κ2) is 3.85. The summed E-state index contributed by atoms with van der Waals surface area (Å²) < 4.78 is 11.7. The second-order valence-corrected chi connectivity index (χ2v) is 3.21. The number of aromatic nitrogens is 2. The monoisotopic (exact) mass is 213 g/mol. The zero-order valence-corrected chi connectivity index (χ0v) is 8.25. The van der Waals surface area contributed by atoms with Crippen LogP contribution < -0.4 is 4.74 Å². The van der Waals surface area contributed by atoms with Crippen LogP contribution in [0.3, 0.4) is 0 Å². The smallest absolute Gasteiger partial charge is 0.350 e. The molecule has 1 saturated heterocycles. The Morgan fingerprint density at radius 1 is 1.80 bits per heavy atom. The molecule has 0 radical (unpaired) electrons. The number of rotatable bonds is 4. The first-order valence-corrected chi connectivity index (χ1v) is 4.67. The minimum absolute atomic E-state index is 0.0788. The number of nitro groups is 1. The summed E-state index contributed by atoms with van der Waals surface area (Å²) in [4.78, 5) is 10.2. The Bertz CT molecular complexity index is 372. The molecular weight excluding hydrogens is 202 g/mol. The molecule has 7 nitrogen and oxygen atoms in total. The van der Waals surface area contributed by atoms with Gasteiger partial charge >= 0.3 is 11.6 Å². The zero-order valence-electron chi connectivity index (χ0n) is 8.25. The largest absolute Gasteiger partial charge is 0.464 e. The van der Waals surface area contributed by atoms with Crippen molar-refractivity contribution < 1.29 is 14.4 Å². The molecule has 0 N–H and O–H groups in total. The van der Waals surface area contributed by atoms with E-state index in [4.69, 9.17) is 9.47 Å². The fourth-order valence-corrected chi connectivity index (χ4v) is 1.20. The van der Waals surface area contributed by atoms with Crippen LogP contribution in [0.4, 0.5) is 5.69 Å². The molecule has 0 bridgehead atoms. The van der Waals surface area contributed by atoms with E-state index in [0.717, 1.165) is 0 Å². The van der Waals surface area contributed by atoms with Crippen molar-refractivity contribution in [2.75, 3.05) is 13.2 Å². The van der Waals surface area contributed by atoms with Crippen molar-refractivity contribution in [2.24, 2.45) is 0 Å². The molecular formula is C8H11N3O4. The molecule has 7 heteroatoms. The van der Waals surface area contributed by atoms with Crippen LogP contribution in [0.15, 0.2) is 6.20 Å². The fraction of sp³-hybridized carbons (Fsp3) is 0.625. The van der Waals surface area contributed by atoms with Crippen LogP contribution in [0.5, 0.6) is 5.88 Å². The quantitative estimate of drug-likeness (QED) is 0.540. The average Bonchev–Trinajstić information content (AvgIpc) is 2.54. The van der Waals surface area contributed by atoms with Crippen molar-refractivity contribution in [1.82, 2.24) is 9.78 Å². The number of hydrogen-bond donors (Lipinski definition) is 0. The van der Waals surface area contributed by atoms with Gasteiger partial charge in [0.15, 0.2) is 0 Å². The first-order valence-electron chi connectivity index (χ1n) is 4.67. The molecule has 2 heterocycles. The van der Waals surface area contributed by atoms with Crippen molar-refractivity contribution in [1.29, 1.82) is 0 Å². The molecule has 0 spiro atoms. The third-order valence-corrected chi connectivity index (χ3v) is 2.12. The topological polar surface area (TPSA) is 79.4 Å². The number of nitrogens with zero attached hydrogens (tertiary/aromatic N) is 3.